The van der Waals surface area contributed by atoms with Crippen LogP contribution in [-0.2, 0) is 19.9 Å². The SMILES string of the molecule is COc1ccc(S(=O)(=O)NC2CCS(=O)(=O)CC2)cc1N. The fourth-order valence-corrected chi connectivity index (χ4v) is 5.01. The normalized spacial score (nSPS) is 19.3. The zero-order chi connectivity index (χ0) is 15.7. The topological polar surface area (TPSA) is 116 Å². The highest BCUT2D eigenvalue weighted by molar-refractivity contribution is 7.91. The van der Waals surface area contributed by atoms with E-state index in [0.717, 1.165) is 0 Å². The van der Waals surface area contributed by atoms with E-state index < -0.39 is 19.9 Å². The molecule has 0 amide bonds. The van der Waals surface area contributed by atoms with Gasteiger partial charge in [0.2, 0.25) is 10.0 Å². The molecule has 1 aliphatic rings. The molecule has 0 radical (unpaired) electrons. The zero-order valence-electron chi connectivity index (χ0n) is 11.6. The second kappa shape index (κ2) is 5.82. The van der Waals surface area contributed by atoms with E-state index in [0.29, 0.717) is 5.75 Å². The molecule has 0 bridgehead atoms. The Hall–Kier alpha value is -1.32. The van der Waals surface area contributed by atoms with Gasteiger partial charge in [0, 0.05) is 6.04 Å². The number of benzene rings is 1. The summed E-state index contributed by atoms with van der Waals surface area (Å²) in [6.45, 7) is 0. The van der Waals surface area contributed by atoms with E-state index in [1.807, 2.05) is 0 Å². The number of anilines is 1. The molecular formula is C12H18N2O5S2. The third-order valence-corrected chi connectivity index (χ3v) is 6.62. The third-order valence-electron chi connectivity index (χ3n) is 3.39. The van der Waals surface area contributed by atoms with Gasteiger partial charge in [0.25, 0.3) is 0 Å². The number of sulfone groups is 1. The van der Waals surface area contributed by atoms with Crippen LogP contribution in [0, 0.1) is 0 Å². The van der Waals surface area contributed by atoms with Crippen LogP contribution in [0.4, 0.5) is 5.69 Å². The predicted octanol–water partition coefficient (Wildman–Crippen LogP) is 0.133. The Balaban J connectivity index is 2.14. The predicted molar refractivity (Wildman–Crippen MR) is 79.4 cm³/mol. The number of nitrogens with two attached hydrogens (primary N) is 1. The zero-order valence-corrected chi connectivity index (χ0v) is 13.2. The summed E-state index contributed by atoms with van der Waals surface area (Å²) in [4.78, 5) is 0.0363. The molecule has 0 spiro atoms. The molecule has 1 heterocycles. The Labute approximate surface area is 124 Å². The van der Waals surface area contributed by atoms with Crippen LogP contribution >= 0.6 is 0 Å². The highest BCUT2D eigenvalue weighted by Crippen LogP contribution is 2.25. The van der Waals surface area contributed by atoms with E-state index in [1.54, 1.807) is 0 Å². The first-order chi connectivity index (χ1) is 9.73. The molecule has 0 unspecified atom stereocenters. The lowest BCUT2D eigenvalue weighted by Gasteiger charge is -2.23. The van der Waals surface area contributed by atoms with Crippen LogP contribution in [0.5, 0.6) is 5.75 Å². The van der Waals surface area contributed by atoms with Crippen LogP contribution < -0.4 is 15.2 Å². The van der Waals surface area contributed by atoms with E-state index in [4.69, 9.17) is 10.5 Å². The number of rotatable bonds is 4. The number of hydrogen-bond donors (Lipinski definition) is 2. The van der Waals surface area contributed by atoms with Crippen molar-refractivity contribution < 1.29 is 21.6 Å². The maximum atomic E-state index is 12.3. The summed E-state index contributed by atoms with van der Waals surface area (Å²) >= 11 is 0. The highest BCUT2D eigenvalue weighted by Gasteiger charge is 2.27. The Bertz CT molecular complexity index is 714. The van der Waals surface area contributed by atoms with Crippen molar-refractivity contribution in [3.8, 4) is 5.75 Å². The summed E-state index contributed by atoms with van der Waals surface area (Å²) in [6, 6.07) is 3.83. The minimum Gasteiger partial charge on any atom is -0.495 e. The van der Waals surface area contributed by atoms with E-state index >= 15 is 0 Å². The summed E-state index contributed by atoms with van der Waals surface area (Å²) in [7, 11) is -5.30. The van der Waals surface area contributed by atoms with Gasteiger partial charge in [0.15, 0.2) is 0 Å². The number of ether oxygens (including phenoxy) is 1. The van der Waals surface area contributed by atoms with Gasteiger partial charge in [0.05, 0.1) is 29.2 Å². The standard InChI is InChI=1S/C12H18N2O5S2/c1-19-12-3-2-10(8-11(12)13)21(17,18)14-9-4-6-20(15,16)7-5-9/h2-3,8-9,14H,4-7,13H2,1H3. The van der Waals surface area contributed by atoms with Crippen LogP contribution in [0.15, 0.2) is 23.1 Å². The molecule has 2 rings (SSSR count). The molecule has 1 saturated heterocycles. The maximum absolute atomic E-state index is 12.3. The van der Waals surface area contributed by atoms with Crippen molar-refractivity contribution in [2.24, 2.45) is 0 Å². The lowest BCUT2D eigenvalue weighted by molar-refractivity contribution is 0.416. The maximum Gasteiger partial charge on any atom is 0.240 e. The smallest absolute Gasteiger partial charge is 0.240 e. The van der Waals surface area contributed by atoms with Gasteiger partial charge in [-0.3, -0.25) is 0 Å². The van der Waals surface area contributed by atoms with Gasteiger partial charge in [0.1, 0.15) is 15.6 Å². The summed E-state index contributed by atoms with van der Waals surface area (Å²) in [5.41, 5.74) is 5.93. The van der Waals surface area contributed by atoms with Gasteiger partial charge in [-0.25, -0.2) is 21.6 Å². The number of sulfonamides is 1. The average molecular weight is 334 g/mol. The molecule has 21 heavy (non-hydrogen) atoms. The van der Waals surface area contributed by atoms with Crippen LogP contribution in [-0.4, -0.2) is 41.5 Å². The van der Waals surface area contributed by atoms with Crippen LogP contribution in [0.25, 0.3) is 0 Å². The summed E-state index contributed by atoms with van der Waals surface area (Å²) < 4.78 is 54.7. The van der Waals surface area contributed by atoms with E-state index in [1.165, 1.54) is 25.3 Å². The second-order valence-corrected chi connectivity index (χ2v) is 8.97. The molecule has 0 aromatic heterocycles. The summed E-state index contributed by atoms with van der Waals surface area (Å²) in [6.07, 6.45) is 0.570. The van der Waals surface area contributed by atoms with Crippen LogP contribution in [0.1, 0.15) is 12.8 Å². The van der Waals surface area contributed by atoms with Crippen molar-refractivity contribution >= 4 is 25.5 Å². The van der Waals surface area contributed by atoms with Gasteiger partial charge in [-0.05, 0) is 31.0 Å². The van der Waals surface area contributed by atoms with E-state index in [9.17, 15) is 16.8 Å². The molecule has 7 nitrogen and oxygen atoms in total. The molecule has 0 atom stereocenters. The minimum atomic E-state index is -3.73. The molecule has 0 aliphatic carbocycles. The van der Waals surface area contributed by atoms with E-state index in [2.05, 4.69) is 4.72 Å². The molecule has 1 aromatic rings. The Morgan fingerprint density at radius 2 is 1.90 bits per heavy atom. The molecule has 1 aliphatic heterocycles. The monoisotopic (exact) mass is 334 g/mol. The summed E-state index contributed by atoms with van der Waals surface area (Å²) in [5.74, 6) is 0.410. The lowest BCUT2D eigenvalue weighted by Crippen LogP contribution is -2.40. The number of nitrogen functional groups attached to an aromatic ring is 1. The Morgan fingerprint density at radius 3 is 2.43 bits per heavy atom. The molecule has 3 N–H and O–H groups in total. The van der Waals surface area contributed by atoms with Gasteiger partial charge in [-0.2, -0.15) is 0 Å². The first kappa shape index (κ1) is 16.1. The first-order valence-corrected chi connectivity index (χ1v) is 9.70. The third kappa shape index (κ3) is 3.86. The molecule has 1 fully saturated rings. The number of methoxy groups -OCH3 is 1. The summed E-state index contributed by atoms with van der Waals surface area (Å²) in [5, 5.41) is 0. The molecule has 1 aromatic carbocycles. The Kier molecular flexibility index (Phi) is 4.45. The molecular weight excluding hydrogens is 316 g/mol. The van der Waals surface area contributed by atoms with Crippen molar-refractivity contribution in [1.82, 2.24) is 4.72 Å². The highest BCUT2D eigenvalue weighted by atomic mass is 32.2. The molecule has 0 saturated carbocycles. The van der Waals surface area contributed by atoms with Crippen molar-refractivity contribution in [3.63, 3.8) is 0 Å². The van der Waals surface area contributed by atoms with Crippen LogP contribution in [0.2, 0.25) is 0 Å². The van der Waals surface area contributed by atoms with Gasteiger partial charge < -0.3 is 10.5 Å². The number of hydrogen-bond acceptors (Lipinski definition) is 6. The quantitative estimate of drug-likeness (QED) is 0.756. The van der Waals surface area contributed by atoms with Gasteiger partial charge >= 0.3 is 0 Å². The fraction of sp³-hybridized carbons (Fsp3) is 0.500. The molecule has 9 heteroatoms. The van der Waals surface area contributed by atoms with Crippen LogP contribution in [0.3, 0.4) is 0 Å². The van der Waals surface area contributed by atoms with Crippen molar-refractivity contribution in [2.45, 2.75) is 23.8 Å². The van der Waals surface area contributed by atoms with Gasteiger partial charge in [-0.1, -0.05) is 0 Å². The minimum absolute atomic E-state index is 0.00490. The van der Waals surface area contributed by atoms with E-state index in [-0.39, 0.29) is 41.0 Å². The first-order valence-electron chi connectivity index (χ1n) is 6.40. The van der Waals surface area contributed by atoms with Crippen molar-refractivity contribution in [1.29, 1.82) is 0 Å². The Morgan fingerprint density at radius 1 is 1.29 bits per heavy atom. The largest absolute Gasteiger partial charge is 0.495 e. The fourth-order valence-electron chi connectivity index (χ4n) is 2.17. The van der Waals surface area contributed by atoms with Gasteiger partial charge in [-0.15, -0.1) is 0 Å². The van der Waals surface area contributed by atoms with Crippen molar-refractivity contribution in [3.05, 3.63) is 18.2 Å². The number of nitrogens with one attached hydrogen (secondary N) is 1. The second-order valence-electron chi connectivity index (χ2n) is 4.95. The molecule has 118 valence electrons. The van der Waals surface area contributed by atoms with Crippen molar-refractivity contribution in [2.75, 3.05) is 24.3 Å². The average Bonchev–Trinajstić information content (AvgIpc) is 2.41. The lowest BCUT2D eigenvalue weighted by atomic mass is 10.2.